The van der Waals surface area contributed by atoms with Gasteiger partial charge in [0, 0.05) is 13.1 Å². The number of carbonyl (C=O) groups excluding carboxylic acids is 1. The number of nitrogens with one attached hydrogen (secondary N) is 1. The van der Waals surface area contributed by atoms with Crippen molar-refractivity contribution in [3.8, 4) is 0 Å². The number of piperidine rings is 1. The summed E-state index contributed by atoms with van der Waals surface area (Å²) in [7, 11) is 0. The van der Waals surface area contributed by atoms with Crippen LogP contribution in [0.4, 0.5) is 5.82 Å². The largest absolute Gasteiger partial charge is 0.337 e. The van der Waals surface area contributed by atoms with Crippen molar-refractivity contribution in [2.75, 3.05) is 18.5 Å². The van der Waals surface area contributed by atoms with Crippen LogP contribution in [0, 0.1) is 11.8 Å². The summed E-state index contributed by atoms with van der Waals surface area (Å²) in [6, 6.07) is 3.27. The minimum atomic E-state index is -0.125. The number of nitrogens with zero attached hydrogens (tertiary/aromatic N) is 2. The summed E-state index contributed by atoms with van der Waals surface area (Å²) in [4.78, 5) is 18.5. The van der Waals surface area contributed by atoms with Crippen LogP contribution in [0.25, 0.3) is 0 Å². The predicted octanol–water partition coefficient (Wildman–Crippen LogP) is 2.14. The standard InChI is InChI=1S/C13H19ClN4O/c1-8-5-9(2)7-18(6-8)13(19)12-10(14)3-4-11(16-12)17-15/h3-4,8-9H,5-7,15H2,1-2H3,(H,16,17). The Morgan fingerprint density at radius 1 is 1.42 bits per heavy atom. The fraction of sp³-hybridized carbons (Fsp3) is 0.538. The first kappa shape index (κ1) is 14.1. The van der Waals surface area contributed by atoms with Crippen LogP contribution in [0.3, 0.4) is 0 Å². The van der Waals surface area contributed by atoms with E-state index in [0.29, 0.717) is 22.7 Å². The molecule has 1 aromatic rings. The van der Waals surface area contributed by atoms with Gasteiger partial charge in [-0.15, -0.1) is 0 Å². The minimum Gasteiger partial charge on any atom is -0.337 e. The number of nitrogen functional groups attached to an aromatic ring is 1. The highest BCUT2D eigenvalue weighted by molar-refractivity contribution is 6.33. The van der Waals surface area contributed by atoms with Gasteiger partial charge in [-0.25, -0.2) is 10.8 Å². The summed E-state index contributed by atoms with van der Waals surface area (Å²) in [5, 5.41) is 0.356. The number of pyridine rings is 1. The molecule has 1 amide bonds. The molecule has 2 heterocycles. The number of amides is 1. The molecule has 0 spiro atoms. The number of rotatable bonds is 2. The van der Waals surface area contributed by atoms with E-state index < -0.39 is 0 Å². The summed E-state index contributed by atoms with van der Waals surface area (Å²) in [6.45, 7) is 5.81. The maximum absolute atomic E-state index is 12.5. The lowest BCUT2D eigenvalue weighted by atomic mass is 9.92. The van der Waals surface area contributed by atoms with Gasteiger partial charge in [0.05, 0.1) is 5.02 Å². The number of hydrogen-bond acceptors (Lipinski definition) is 4. The lowest BCUT2D eigenvalue weighted by Gasteiger charge is -2.34. The molecule has 3 N–H and O–H groups in total. The average molecular weight is 283 g/mol. The molecule has 2 unspecified atom stereocenters. The van der Waals surface area contributed by atoms with Crippen molar-refractivity contribution in [3.63, 3.8) is 0 Å². The van der Waals surface area contributed by atoms with Gasteiger partial charge in [-0.2, -0.15) is 0 Å². The minimum absolute atomic E-state index is 0.125. The van der Waals surface area contributed by atoms with Gasteiger partial charge in [0.15, 0.2) is 0 Å². The molecule has 19 heavy (non-hydrogen) atoms. The molecule has 1 aliphatic heterocycles. The predicted molar refractivity (Wildman–Crippen MR) is 75.9 cm³/mol. The van der Waals surface area contributed by atoms with Crippen molar-refractivity contribution in [2.45, 2.75) is 20.3 Å². The summed E-state index contributed by atoms with van der Waals surface area (Å²) in [6.07, 6.45) is 1.15. The molecule has 0 aromatic carbocycles. The zero-order chi connectivity index (χ0) is 14.0. The van der Waals surface area contributed by atoms with E-state index in [-0.39, 0.29) is 11.6 Å². The van der Waals surface area contributed by atoms with E-state index in [4.69, 9.17) is 17.4 Å². The van der Waals surface area contributed by atoms with Crippen molar-refractivity contribution in [1.82, 2.24) is 9.88 Å². The Bertz CT molecular complexity index is 470. The number of halogens is 1. The smallest absolute Gasteiger partial charge is 0.274 e. The van der Waals surface area contributed by atoms with Gasteiger partial charge in [0.2, 0.25) is 0 Å². The van der Waals surface area contributed by atoms with Crippen molar-refractivity contribution < 1.29 is 4.79 Å². The molecule has 2 rings (SSSR count). The molecule has 104 valence electrons. The Morgan fingerprint density at radius 2 is 2.05 bits per heavy atom. The fourth-order valence-electron chi connectivity index (χ4n) is 2.65. The maximum Gasteiger partial charge on any atom is 0.274 e. The molecule has 1 fully saturated rings. The Labute approximate surface area is 118 Å². The number of nitrogens with two attached hydrogens (primary N) is 1. The molecule has 0 bridgehead atoms. The molecule has 0 saturated carbocycles. The topological polar surface area (TPSA) is 71.2 Å². The molecular formula is C13H19ClN4O. The Balaban J connectivity index is 2.23. The van der Waals surface area contributed by atoms with Gasteiger partial charge in [0.25, 0.3) is 5.91 Å². The van der Waals surface area contributed by atoms with E-state index in [1.54, 1.807) is 12.1 Å². The van der Waals surface area contributed by atoms with Crippen LogP contribution >= 0.6 is 11.6 Å². The van der Waals surface area contributed by atoms with Gasteiger partial charge >= 0.3 is 0 Å². The highest BCUT2D eigenvalue weighted by Crippen LogP contribution is 2.24. The van der Waals surface area contributed by atoms with Crippen molar-refractivity contribution in [3.05, 3.63) is 22.8 Å². The van der Waals surface area contributed by atoms with Gasteiger partial charge in [-0.3, -0.25) is 4.79 Å². The Morgan fingerprint density at radius 3 is 2.63 bits per heavy atom. The summed E-state index contributed by atoms with van der Waals surface area (Å²) in [5.74, 6) is 6.63. The van der Waals surface area contributed by atoms with Gasteiger partial charge in [-0.1, -0.05) is 25.4 Å². The summed E-state index contributed by atoms with van der Waals surface area (Å²) >= 11 is 6.06. The summed E-state index contributed by atoms with van der Waals surface area (Å²) in [5.41, 5.74) is 2.69. The van der Waals surface area contributed by atoms with Crippen LogP contribution < -0.4 is 11.3 Å². The molecule has 1 aliphatic rings. The number of likely N-dealkylation sites (tertiary alicyclic amines) is 1. The molecule has 5 nitrogen and oxygen atoms in total. The normalized spacial score (nSPS) is 23.3. The Hall–Kier alpha value is -1.33. The second-order valence-electron chi connectivity index (χ2n) is 5.33. The quantitative estimate of drug-likeness (QED) is 0.644. The third-order valence-electron chi connectivity index (χ3n) is 3.35. The van der Waals surface area contributed by atoms with Gasteiger partial charge in [-0.05, 0) is 30.4 Å². The molecule has 6 heteroatoms. The van der Waals surface area contributed by atoms with Crippen molar-refractivity contribution in [1.29, 1.82) is 0 Å². The Kier molecular flexibility index (Phi) is 4.27. The van der Waals surface area contributed by atoms with Crippen LogP contribution in [0.15, 0.2) is 12.1 Å². The van der Waals surface area contributed by atoms with Crippen LogP contribution in [0.5, 0.6) is 0 Å². The van der Waals surface area contributed by atoms with E-state index in [9.17, 15) is 4.79 Å². The fourth-order valence-corrected chi connectivity index (χ4v) is 2.84. The number of hydrazine groups is 1. The second-order valence-corrected chi connectivity index (χ2v) is 5.73. The van der Waals surface area contributed by atoms with Gasteiger partial charge in [0.1, 0.15) is 11.5 Å². The number of hydrogen-bond donors (Lipinski definition) is 2. The molecule has 2 atom stereocenters. The zero-order valence-electron chi connectivity index (χ0n) is 11.2. The van der Waals surface area contributed by atoms with Gasteiger partial charge < -0.3 is 10.3 Å². The first-order valence-electron chi connectivity index (χ1n) is 6.43. The highest BCUT2D eigenvalue weighted by Gasteiger charge is 2.28. The SMILES string of the molecule is CC1CC(C)CN(C(=O)c2nc(NN)ccc2Cl)C1. The van der Waals surface area contributed by atoms with Crippen LogP contribution in [-0.2, 0) is 0 Å². The number of carbonyl (C=O) groups is 1. The van der Waals surface area contributed by atoms with E-state index in [0.717, 1.165) is 19.5 Å². The van der Waals surface area contributed by atoms with Crippen LogP contribution in [0.1, 0.15) is 30.8 Å². The van der Waals surface area contributed by atoms with Crippen molar-refractivity contribution >= 4 is 23.3 Å². The molecule has 0 radical (unpaired) electrons. The van der Waals surface area contributed by atoms with E-state index >= 15 is 0 Å². The van der Waals surface area contributed by atoms with Crippen LogP contribution in [0.2, 0.25) is 5.02 Å². The van der Waals surface area contributed by atoms with Crippen LogP contribution in [-0.4, -0.2) is 28.9 Å². The molecule has 1 aromatic heterocycles. The first-order valence-corrected chi connectivity index (χ1v) is 6.81. The zero-order valence-corrected chi connectivity index (χ0v) is 11.9. The lowest BCUT2D eigenvalue weighted by Crippen LogP contribution is -2.43. The number of aromatic nitrogens is 1. The average Bonchev–Trinajstić information content (AvgIpc) is 2.37. The molecular weight excluding hydrogens is 264 g/mol. The van der Waals surface area contributed by atoms with E-state index in [1.807, 2.05) is 4.90 Å². The van der Waals surface area contributed by atoms with E-state index in [2.05, 4.69) is 24.3 Å². The summed E-state index contributed by atoms with van der Waals surface area (Å²) < 4.78 is 0. The highest BCUT2D eigenvalue weighted by atomic mass is 35.5. The lowest BCUT2D eigenvalue weighted by molar-refractivity contribution is 0.0617. The third kappa shape index (κ3) is 3.16. The molecule has 1 saturated heterocycles. The first-order chi connectivity index (χ1) is 9.01. The third-order valence-corrected chi connectivity index (χ3v) is 3.66. The second kappa shape index (κ2) is 5.75. The monoisotopic (exact) mass is 282 g/mol. The number of anilines is 1. The maximum atomic E-state index is 12.5. The van der Waals surface area contributed by atoms with Crippen molar-refractivity contribution in [2.24, 2.45) is 17.7 Å². The molecule has 0 aliphatic carbocycles. The van der Waals surface area contributed by atoms with E-state index in [1.165, 1.54) is 0 Å².